The number of fused-ring (bicyclic) bond motifs is 1. The van der Waals surface area contributed by atoms with E-state index in [1.165, 1.54) is 16.4 Å². The van der Waals surface area contributed by atoms with E-state index in [4.69, 9.17) is 0 Å². The highest BCUT2D eigenvalue weighted by Gasteiger charge is 2.36. The van der Waals surface area contributed by atoms with Gasteiger partial charge in [-0.2, -0.15) is 0 Å². The van der Waals surface area contributed by atoms with Gasteiger partial charge in [0.1, 0.15) is 0 Å². The van der Waals surface area contributed by atoms with Crippen LogP contribution in [0.3, 0.4) is 0 Å². The van der Waals surface area contributed by atoms with Crippen LogP contribution in [-0.2, 0) is 22.9 Å². The van der Waals surface area contributed by atoms with Crippen molar-refractivity contribution in [2.75, 3.05) is 10.8 Å². The molecular formula is C23H23N3O3S. The zero-order valence-electron chi connectivity index (χ0n) is 16.7. The van der Waals surface area contributed by atoms with Gasteiger partial charge < -0.3 is 5.32 Å². The molecule has 7 heteroatoms. The molecule has 154 valence electrons. The van der Waals surface area contributed by atoms with Gasteiger partial charge >= 0.3 is 0 Å². The number of benzene rings is 2. The zero-order chi connectivity index (χ0) is 21.1. The number of aromatic nitrogens is 1. The van der Waals surface area contributed by atoms with Gasteiger partial charge in [0, 0.05) is 36.5 Å². The van der Waals surface area contributed by atoms with Crippen molar-refractivity contribution in [1.82, 2.24) is 10.3 Å². The van der Waals surface area contributed by atoms with Gasteiger partial charge in [0.25, 0.3) is 15.9 Å². The Morgan fingerprint density at radius 1 is 1.10 bits per heavy atom. The number of sulfonamides is 1. The lowest BCUT2D eigenvalue weighted by molar-refractivity contribution is 0.0954. The van der Waals surface area contributed by atoms with Gasteiger partial charge in [-0.25, -0.2) is 8.42 Å². The maximum absolute atomic E-state index is 13.4. The van der Waals surface area contributed by atoms with Crippen LogP contribution in [0.5, 0.6) is 0 Å². The number of para-hydroxylation sites is 1. The maximum Gasteiger partial charge on any atom is 0.264 e. The smallest absolute Gasteiger partial charge is 0.264 e. The summed E-state index contributed by atoms with van der Waals surface area (Å²) in [6.07, 6.45) is 2.98. The van der Waals surface area contributed by atoms with E-state index < -0.39 is 10.0 Å². The molecule has 6 nitrogen and oxygen atoms in total. The van der Waals surface area contributed by atoms with Crippen LogP contribution >= 0.6 is 0 Å². The van der Waals surface area contributed by atoms with Gasteiger partial charge in [0.15, 0.2) is 0 Å². The van der Waals surface area contributed by atoms with Crippen LogP contribution in [0.25, 0.3) is 0 Å². The van der Waals surface area contributed by atoms with Crippen molar-refractivity contribution in [3.63, 3.8) is 0 Å². The summed E-state index contributed by atoms with van der Waals surface area (Å²) in [5.74, 6) is -0.308. The van der Waals surface area contributed by atoms with E-state index in [-0.39, 0.29) is 16.8 Å². The van der Waals surface area contributed by atoms with Crippen molar-refractivity contribution >= 4 is 21.6 Å². The minimum Gasteiger partial charge on any atom is -0.352 e. The third-order valence-corrected chi connectivity index (χ3v) is 7.11. The Morgan fingerprint density at radius 2 is 1.90 bits per heavy atom. The molecule has 1 unspecified atom stereocenters. The summed E-state index contributed by atoms with van der Waals surface area (Å²) in [6.45, 7) is 2.31. The van der Waals surface area contributed by atoms with E-state index in [2.05, 4.69) is 10.3 Å². The molecule has 0 bridgehead atoms. The lowest BCUT2D eigenvalue weighted by atomic mass is 10.1. The minimum atomic E-state index is -3.78. The second-order valence-corrected chi connectivity index (χ2v) is 9.15. The van der Waals surface area contributed by atoms with E-state index in [1.54, 1.807) is 18.3 Å². The predicted molar refractivity (Wildman–Crippen MR) is 116 cm³/mol. The van der Waals surface area contributed by atoms with Crippen molar-refractivity contribution in [1.29, 1.82) is 0 Å². The van der Waals surface area contributed by atoms with Crippen LogP contribution in [0, 0.1) is 0 Å². The van der Waals surface area contributed by atoms with Crippen molar-refractivity contribution in [3.05, 3.63) is 89.7 Å². The Kier molecular flexibility index (Phi) is 5.55. The topological polar surface area (TPSA) is 79.4 Å². The lowest BCUT2D eigenvalue weighted by Gasteiger charge is -2.24. The van der Waals surface area contributed by atoms with Gasteiger partial charge in [-0.05, 0) is 55.3 Å². The number of hydrogen-bond acceptors (Lipinski definition) is 4. The molecule has 0 saturated carbocycles. The Bertz CT molecular complexity index is 1160. The van der Waals surface area contributed by atoms with Crippen LogP contribution in [-0.4, -0.2) is 31.9 Å². The molecule has 1 atom stereocenters. The Labute approximate surface area is 176 Å². The molecule has 3 aromatic rings. The van der Waals surface area contributed by atoms with E-state index in [1.807, 2.05) is 49.4 Å². The van der Waals surface area contributed by atoms with Crippen molar-refractivity contribution in [2.45, 2.75) is 30.7 Å². The fraction of sp³-hybridized carbons (Fsp3) is 0.217. The molecular weight excluding hydrogens is 398 g/mol. The normalized spacial score (nSPS) is 15.6. The molecule has 1 aliphatic rings. The molecule has 0 aliphatic carbocycles. The highest BCUT2D eigenvalue weighted by molar-refractivity contribution is 7.92. The standard InChI is InChI=1S/C23H23N3O3S/c1-17-15-18-7-2-3-11-22(18)26(17)30(28,29)21-10-6-8-19(16-21)23(27)25-14-12-20-9-4-5-13-24-20/h2-11,13,16-17H,12,14-15H2,1H3,(H,25,27). The van der Waals surface area contributed by atoms with Crippen molar-refractivity contribution in [2.24, 2.45) is 0 Å². The number of pyridine rings is 1. The first-order chi connectivity index (χ1) is 14.5. The second kappa shape index (κ2) is 8.28. The highest BCUT2D eigenvalue weighted by Crippen LogP contribution is 2.36. The first-order valence-corrected chi connectivity index (χ1v) is 11.3. The number of nitrogens with one attached hydrogen (secondary N) is 1. The minimum absolute atomic E-state index is 0.114. The summed E-state index contributed by atoms with van der Waals surface area (Å²) in [5.41, 5.74) is 2.92. The quantitative estimate of drug-likeness (QED) is 0.663. The van der Waals surface area contributed by atoms with Crippen LogP contribution in [0.1, 0.15) is 28.5 Å². The molecule has 30 heavy (non-hydrogen) atoms. The zero-order valence-corrected chi connectivity index (χ0v) is 17.5. The van der Waals surface area contributed by atoms with Crippen molar-refractivity contribution < 1.29 is 13.2 Å². The van der Waals surface area contributed by atoms with E-state index in [0.717, 1.165) is 11.3 Å². The third kappa shape index (κ3) is 3.93. The number of hydrogen-bond donors (Lipinski definition) is 1. The summed E-state index contributed by atoms with van der Waals surface area (Å²) >= 11 is 0. The third-order valence-electron chi connectivity index (χ3n) is 5.19. The molecule has 1 aliphatic heterocycles. The Hall–Kier alpha value is -3.19. The number of nitrogens with zero attached hydrogens (tertiary/aromatic N) is 2. The summed E-state index contributed by atoms with van der Waals surface area (Å²) in [5, 5.41) is 2.83. The fourth-order valence-electron chi connectivity index (χ4n) is 3.77. The number of anilines is 1. The molecule has 2 heterocycles. The molecule has 0 fully saturated rings. The number of carbonyl (C=O) groups is 1. The second-order valence-electron chi connectivity index (χ2n) is 7.34. The van der Waals surface area contributed by atoms with Crippen LogP contribution in [0.4, 0.5) is 5.69 Å². The molecule has 1 aromatic heterocycles. The maximum atomic E-state index is 13.4. The van der Waals surface area contributed by atoms with Gasteiger partial charge in [0.05, 0.1) is 10.6 Å². The van der Waals surface area contributed by atoms with Gasteiger partial charge in [-0.15, -0.1) is 0 Å². The summed E-state index contributed by atoms with van der Waals surface area (Å²) in [6, 6.07) is 19.2. The fourth-order valence-corrected chi connectivity index (χ4v) is 5.51. The van der Waals surface area contributed by atoms with Crippen LogP contribution in [0.2, 0.25) is 0 Å². The molecule has 0 spiro atoms. The van der Waals surface area contributed by atoms with Crippen LogP contribution < -0.4 is 9.62 Å². The first kappa shape index (κ1) is 20.1. The molecule has 0 saturated heterocycles. The monoisotopic (exact) mass is 421 g/mol. The molecule has 4 rings (SSSR count). The lowest BCUT2D eigenvalue weighted by Crippen LogP contribution is -2.36. The summed E-state index contributed by atoms with van der Waals surface area (Å²) in [4.78, 5) is 16.9. The molecule has 1 amide bonds. The van der Waals surface area contributed by atoms with E-state index in [9.17, 15) is 13.2 Å². The highest BCUT2D eigenvalue weighted by atomic mass is 32.2. The van der Waals surface area contributed by atoms with Gasteiger partial charge in [-0.1, -0.05) is 30.3 Å². The SMILES string of the molecule is CC1Cc2ccccc2N1S(=O)(=O)c1cccc(C(=O)NCCc2ccccn2)c1. The molecule has 1 N–H and O–H groups in total. The average Bonchev–Trinajstić information content (AvgIpc) is 3.11. The van der Waals surface area contributed by atoms with E-state index >= 15 is 0 Å². The number of carbonyl (C=O) groups excluding carboxylic acids is 1. The first-order valence-electron chi connectivity index (χ1n) is 9.87. The summed E-state index contributed by atoms with van der Waals surface area (Å²) in [7, 11) is -3.78. The predicted octanol–water partition coefficient (Wildman–Crippen LogP) is 3.19. The van der Waals surface area contributed by atoms with Crippen molar-refractivity contribution in [3.8, 4) is 0 Å². The van der Waals surface area contributed by atoms with E-state index in [0.29, 0.717) is 30.6 Å². The van der Waals surface area contributed by atoms with Crippen LogP contribution in [0.15, 0.2) is 77.8 Å². The molecule has 0 radical (unpaired) electrons. The van der Waals surface area contributed by atoms with Gasteiger partial charge in [-0.3, -0.25) is 14.1 Å². The average molecular weight is 422 g/mol. The van der Waals surface area contributed by atoms with Gasteiger partial charge in [0.2, 0.25) is 0 Å². The Balaban J connectivity index is 1.52. The summed E-state index contributed by atoms with van der Waals surface area (Å²) < 4.78 is 28.2. The Morgan fingerprint density at radius 3 is 2.70 bits per heavy atom. The number of rotatable bonds is 6. The molecule has 2 aromatic carbocycles. The number of amides is 1. The largest absolute Gasteiger partial charge is 0.352 e.